The number of nitrogens with one attached hydrogen (secondary N) is 3. The van der Waals surface area contributed by atoms with Crippen molar-refractivity contribution in [3.05, 3.63) is 34.1 Å². The summed E-state index contributed by atoms with van der Waals surface area (Å²) in [4.78, 5) is 21.5. The van der Waals surface area contributed by atoms with E-state index in [1.54, 1.807) is 6.20 Å². The van der Waals surface area contributed by atoms with Gasteiger partial charge < -0.3 is 10.3 Å². The van der Waals surface area contributed by atoms with Crippen LogP contribution in [0.5, 0.6) is 0 Å². The van der Waals surface area contributed by atoms with Crippen molar-refractivity contribution in [2.75, 3.05) is 0 Å². The first-order chi connectivity index (χ1) is 12.2. The number of H-pyrrole nitrogens is 2. The Bertz CT molecular complexity index is 973. The predicted molar refractivity (Wildman–Crippen MR) is 98.8 cm³/mol. The number of fused-ring (bicyclic) bond motifs is 2. The second kappa shape index (κ2) is 5.78. The van der Waals surface area contributed by atoms with Crippen LogP contribution in [0.2, 0.25) is 0 Å². The summed E-state index contributed by atoms with van der Waals surface area (Å²) in [7, 11) is 0. The molecule has 0 aromatic carbocycles. The van der Waals surface area contributed by atoms with Gasteiger partial charge in [0.1, 0.15) is 10.5 Å². The smallest absolute Gasteiger partial charge is 0.268 e. The van der Waals surface area contributed by atoms with E-state index in [0.29, 0.717) is 10.7 Å². The maximum Gasteiger partial charge on any atom is 0.268 e. The lowest BCUT2D eigenvalue weighted by Crippen LogP contribution is -2.31. The Morgan fingerprint density at radius 1 is 1.28 bits per heavy atom. The molecule has 3 N–H and O–H groups in total. The molecule has 3 aromatic heterocycles. The number of nitrogens with zero attached hydrogens (tertiary/aromatic N) is 2. The lowest BCUT2D eigenvalue weighted by Gasteiger charge is -2.24. The van der Waals surface area contributed by atoms with Gasteiger partial charge in [0.05, 0.1) is 17.8 Å². The van der Waals surface area contributed by atoms with Crippen molar-refractivity contribution < 1.29 is 0 Å². The van der Waals surface area contributed by atoms with Crippen molar-refractivity contribution in [1.29, 1.82) is 0 Å². The molecule has 5 rings (SSSR count). The zero-order valence-electron chi connectivity index (χ0n) is 14.1. The zero-order valence-corrected chi connectivity index (χ0v) is 14.9. The molecule has 3 aromatic rings. The molecular weight excluding hydrogens is 334 g/mol. The Kier molecular flexibility index (Phi) is 3.53. The molecule has 0 amide bonds. The van der Waals surface area contributed by atoms with Gasteiger partial charge in [0.25, 0.3) is 5.56 Å². The summed E-state index contributed by atoms with van der Waals surface area (Å²) >= 11 is 1.48. The van der Waals surface area contributed by atoms with Crippen LogP contribution >= 0.6 is 11.3 Å². The fourth-order valence-corrected chi connectivity index (χ4v) is 5.44. The molecule has 130 valence electrons. The van der Waals surface area contributed by atoms with Gasteiger partial charge in [0.15, 0.2) is 0 Å². The third-order valence-corrected chi connectivity index (χ3v) is 6.85. The average molecular weight is 355 g/mol. The number of aryl methyl sites for hydroxylation is 1. The fraction of sp³-hybridized carbons (Fsp3) is 0.500. The van der Waals surface area contributed by atoms with Crippen LogP contribution in [0.25, 0.3) is 20.7 Å². The van der Waals surface area contributed by atoms with E-state index < -0.39 is 0 Å². The summed E-state index contributed by atoms with van der Waals surface area (Å²) in [6, 6.07) is 2.77. The Labute approximate surface area is 149 Å². The van der Waals surface area contributed by atoms with Crippen LogP contribution in [0.4, 0.5) is 0 Å². The first kappa shape index (κ1) is 15.3. The lowest BCUT2D eigenvalue weighted by atomic mass is 9.85. The van der Waals surface area contributed by atoms with Gasteiger partial charge in [-0.15, -0.1) is 11.3 Å². The topological polar surface area (TPSA) is 86.5 Å². The summed E-state index contributed by atoms with van der Waals surface area (Å²) in [6.45, 7) is 1.99. The Morgan fingerprint density at radius 3 is 2.96 bits per heavy atom. The number of thiophene rings is 1. The molecule has 0 bridgehead atoms. The van der Waals surface area contributed by atoms with E-state index in [0.717, 1.165) is 39.8 Å². The minimum absolute atomic E-state index is 0.0333. The largest absolute Gasteiger partial charge is 0.308 e. The number of aromatic amines is 2. The highest BCUT2D eigenvalue weighted by Crippen LogP contribution is 2.39. The van der Waals surface area contributed by atoms with E-state index in [1.165, 1.54) is 37.0 Å². The third kappa shape index (κ3) is 2.53. The van der Waals surface area contributed by atoms with Crippen LogP contribution in [0.15, 0.2) is 17.1 Å². The van der Waals surface area contributed by atoms with Crippen LogP contribution in [0.3, 0.4) is 0 Å². The van der Waals surface area contributed by atoms with Crippen molar-refractivity contribution in [3.8, 4) is 10.4 Å². The van der Waals surface area contributed by atoms with E-state index >= 15 is 0 Å². The van der Waals surface area contributed by atoms with E-state index in [9.17, 15) is 4.79 Å². The SMILES string of the molecule is Cc1[nH]ncc1-c1cc2nc([C@@H]3C[C@@H]4CCCC[C@@H]4N3)[nH]c(=O)c2s1. The highest BCUT2D eigenvalue weighted by atomic mass is 32.1. The highest BCUT2D eigenvalue weighted by molar-refractivity contribution is 7.22. The number of rotatable bonds is 2. The second-order valence-electron chi connectivity index (χ2n) is 7.29. The molecule has 3 atom stereocenters. The minimum atomic E-state index is -0.0333. The van der Waals surface area contributed by atoms with E-state index in [1.807, 2.05) is 13.0 Å². The van der Waals surface area contributed by atoms with Crippen molar-refractivity contribution in [3.63, 3.8) is 0 Å². The molecule has 2 aliphatic rings. The van der Waals surface area contributed by atoms with Crippen molar-refractivity contribution in [2.24, 2.45) is 5.92 Å². The molecule has 1 saturated heterocycles. The lowest BCUT2D eigenvalue weighted by molar-refractivity contribution is 0.325. The van der Waals surface area contributed by atoms with Crippen LogP contribution < -0.4 is 10.9 Å². The molecule has 4 heterocycles. The molecule has 0 spiro atoms. The van der Waals surface area contributed by atoms with Crippen molar-refractivity contribution >= 4 is 21.6 Å². The number of hydrogen-bond acceptors (Lipinski definition) is 5. The molecule has 2 fully saturated rings. The summed E-state index contributed by atoms with van der Waals surface area (Å²) in [5.41, 5.74) is 2.80. The predicted octanol–water partition coefficient (Wildman–Crippen LogP) is 3.28. The normalized spacial score (nSPS) is 26.2. The van der Waals surface area contributed by atoms with E-state index in [-0.39, 0.29) is 11.6 Å². The summed E-state index contributed by atoms with van der Waals surface area (Å²) in [5.74, 6) is 1.52. The molecule has 1 aliphatic heterocycles. The van der Waals surface area contributed by atoms with E-state index in [4.69, 9.17) is 4.98 Å². The maximum atomic E-state index is 12.6. The molecule has 1 aliphatic carbocycles. The molecule has 6 nitrogen and oxygen atoms in total. The summed E-state index contributed by atoms with van der Waals surface area (Å²) in [6.07, 6.45) is 8.06. The Hall–Kier alpha value is -1.99. The number of hydrogen-bond donors (Lipinski definition) is 3. The van der Waals surface area contributed by atoms with Gasteiger partial charge >= 0.3 is 0 Å². The second-order valence-corrected chi connectivity index (χ2v) is 8.34. The first-order valence-electron chi connectivity index (χ1n) is 8.99. The van der Waals surface area contributed by atoms with Gasteiger partial charge in [0, 0.05) is 22.2 Å². The maximum absolute atomic E-state index is 12.6. The van der Waals surface area contributed by atoms with E-state index in [2.05, 4.69) is 20.5 Å². The van der Waals surface area contributed by atoms with Gasteiger partial charge in [-0.25, -0.2) is 4.98 Å². The molecule has 0 radical (unpaired) electrons. The monoisotopic (exact) mass is 355 g/mol. The highest BCUT2D eigenvalue weighted by Gasteiger charge is 2.36. The molecule has 7 heteroatoms. The third-order valence-electron chi connectivity index (χ3n) is 5.69. The van der Waals surface area contributed by atoms with Gasteiger partial charge in [-0.3, -0.25) is 9.89 Å². The standard InChI is InChI=1S/C18H21N5OS/c1-9-11(8-19-23-9)15-7-13-16(25-15)18(24)22-17(21-13)14-6-10-4-2-3-5-12(10)20-14/h7-8,10,12,14,20H,2-6H2,1H3,(H,19,23)(H,21,22,24)/t10-,12-,14-/m0/s1. The Morgan fingerprint density at radius 2 is 2.16 bits per heavy atom. The summed E-state index contributed by atoms with van der Waals surface area (Å²) in [5, 5.41) is 10.7. The van der Waals surface area contributed by atoms with Crippen molar-refractivity contribution in [2.45, 2.75) is 51.1 Å². The van der Waals surface area contributed by atoms with Crippen LogP contribution in [0.1, 0.15) is 49.7 Å². The van der Waals surface area contributed by atoms with Gasteiger partial charge in [-0.1, -0.05) is 12.8 Å². The fourth-order valence-electron chi connectivity index (χ4n) is 4.38. The molecule has 1 saturated carbocycles. The Balaban J connectivity index is 1.53. The average Bonchev–Trinajstić information content (AvgIpc) is 3.30. The number of aromatic nitrogens is 4. The first-order valence-corrected chi connectivity index (χ1v) is 9.81. The van der Waals surface area contributed by atoms with Gasteiger partial charge in [-0.05, 0) is 38.2 Å². The minimum Gasteiger partial charge on any atom is -0.308 e. The molecular formula is C18H21N5OS. The van der Waals surface area contributed by atoms with Crippen LogP contribution in [0, 0.1) is 12.8 Å². The molecule has 25 heavy (non-hydrogen) atoms. The van der Waals surface area contributed by atoms with Gasteiger partial charge in [0.2, 0.25) is 0 Å². The zero-order chi connectivity index (χ0) is 17.0. The van der Waals surface area contributed by atoms with Gasteiger partial charge in [-0.2, -0.15) is 5.10 Å². The molecule has 0 unspecified atom stereocenters. The summed E-state index contributed by atoms with van der Waals surface area (Å²) < 4.78 is 0.690. The van der Waals surface area contributed by atoms with Crippen molar-refractivity contribution in [1.82, 2.24) is 25.5 Å². The van der Waals surface area contributed by atoms with Crippen LogP contribution in [-0.4, -0.2) is 26.2 Å². The quantitative estimate of drug-likeness (QED) is 0.658. The van der Waals surface area contributed by atoms with Crippen LogP contribution in [-0.2, 0) is 0 Å².